The predicted molar refractivity (Wildman–Crippen MR) is 125 cm³/mol. The molecule has 2 saturated heterocycles. The van der Waals surface area contributed by atoms with Gasteiger partial charge in [-0.3, -0.25) is 14.3 Å². The van der Waals surface area contributed by atoms with Crippen LogP contribution in [0.1, 0.15) is 33.6 Å². The van der Waals surface area contributed by atoms with Gasteiger partial charge >= 0.3 is 11.2 Å². The molecule has 0 bridgehead atoms. The highest BCUT2D eigenvalue weighted by molar-refractivity contribution is 7.90. The maximum absolute atomic E-state index is 13.8. The Labute approximate surface area is 211 Å². The highest BCUT2D eigenvalue weighted by Crippen LogP contribution is 2.41. The van der Waals surface area contributed by atoms with Crippen molar-refractivity contribution >= 4 is 39.0 Å². The number of nitrogens with one attached hydrogen (secondary N) is 1. The number of imidazole rings is 1. The third-order valence-corrected chi connectivity index (χ3v) is 7.85. The van der Waals surface area contributed by atoms with E-state index in [1.54, 1.807) is 20.8 Å². The maximum Gasteiger partial charge on any atom is 0.410 e. The zero-order valence-electron chi connectivity index (χ0n) is 20.3. The first-order valence-corrected chi connectivity index (χ1v) is 12.9. The molecule has 0 radical (unpaired) electrons. The average molecular weight is 544 g/mol. The molecule has 2 aromatic heterocycles. The van der Waals surface area contributed by atoms with E-state index in [9.17, 15) is 33.3 Å². The maximum atomic E-state index is 13.8. The third kappa shape index (κ3) is 4.46. The van der Waals surface area contributed by atoms with E-state index in [1.807, 2.05) is 4.72 Å². The quantitative estimate of drug-likeness (QED) is 0.274. The lowest BCUT2D eigenvalue weighted by atomic mass is 10.1. The van der Waals surface area contributed by atoms with Crippen LogP contribution < -0.4 is 10.5 Å². The molecule has 2 aliphatic heterocycles. The van der Waals surface area contributed by atoms with Gasteiger partial charge in [-0.15, -0.1) is 0 Å². The summed E-state index contributed by atoms with van der Waals surface area (Å²) in [5.41, 5.74) is 4.73. The average Bonchev–Trinajstić information content (AvgIpc) is 3.51. The Morgan fingerprint density at radius 1 is 1.30 bits per heavy atom. The van der Waals surface area contributed by atoms with E-state index < -0.39 is 63.6 Å². The predicted octanol–water partition coefficient (Wildman–Crippen LogP) is -2.02. The minimum Gasteiger partial charge on any atom is -0.444 e. The van der Waals surface area contributed by atoms with Crippen molar-refractivity contribution in [2.75, 3.05) is 18.9 Å². The molecule has 0 unspecified atom stereocenters. The largest absolute Gasteiger partial charge is 0.444 e. The first-order chi connectivity index (χ1) is 17.2. The van der Waals surface area contributed by atoms with Crippen LogP contribution in [0, 0.1) is 0 Å². The molecular formula is C20H29N7O9S. The molecular weight excluding hydrogens is 514 g/mol. The molecule has 16 nitrogen and oxygen atoms in total. The number of aliphatic hydroxyl groups is 3. The second kappa shape index (κ2) is 9.32. The Hall–Kier alpha value is -3.12. The highest BCUT2D eigenvalue weighted by Gasteiger charge is 2.65. The summed E-state index contributed by atoms with van der Waals surface area (Å²) >= 11 is 0. The van der Waals surface area contributed by atoms with Crippen molar-refractivity contribution in [3.8, 4) is 0 Å². The van der Waals surface area contributed by atoms with Crippen LogP contribution in [0.2, 0.25) is 0 Å². The molecule has 2 amide bonds. The topological polar surface area (TPSA) is 232 Å². The van der Waals surface area contributed by atoms with Crippen LogP contribution in [0.3, 0.4) is 0 Å². The third-order valence-electron chi connectivity index (χ3n) is 6.08. The smallest absolute Gasteiger partial charge is 0.410 e. The number of nitrogen functional groups attached to an aromatic ring is 1. The molecule has 17 heteroatoms. The van der Waals surface area contributed by atoms with E-state index in [2.05, 4.69) is 15.0 Å². The molecule has 0 saturated carbocycles. The zero-order valence-corrected chi connectivity index (χ0v) is 21.1. The lowest BCUT2D eigenvalue weighted by Gasteiger charge is -2.33. The summed E-state index contributed by atoms with van der Waals surface area (Å²) in [6.45, 7) is 4.25. The molecule has 2 aliphatic rings. The van der Waals surface area contributed by atoms with Crippen molar-refractivity contribution in [2.24, 2.45) is 0 Å². The summed E-state index contributed by atoms with van der Waals surface area (Å²) in [6, 6.07) is -1.20. The molecule has 37 heavy (non-hydrogen) atoms. The lowest BCUT2D eigenvalue weighted by Crippen LogP contribution is -2.59. The number of aliphatic hydroxyl groups excluding tert-OH is 3. The first-order valence-electron chi connectivity index (χ1n) is 11.4. The molecule has 6 N–H and O–H groups in total. The Balaban J connectivity index is 1.74. The SMILES string of the molecule is CC(C)(C)OC(=O)N1CCC[C@H]1C(=O)NS(=O)(=O)[C@@]1(n2cnc3c(N)ncnc32)O[C@H](CO)[C@@H](O)[C@H]1O. The van der Waals surface area contributed by atoms with Gasteiger partial charge in [0.05, 0.1) is 6.61 Å². The number of carbonyl (C=O) groups is 2. The van der Waals surface area contributed by atoms with Gasteiger partial charge in [0, 0.05) is 6.54 Å². The summed E-state index contributed by atoms with van der Waals surface area (Å²) < 4.78 is 41.1. The van der Waals surface area contributed by atoms with Crippen LogP contribution in [0.5, 0.6) is 0 Å². The monoisotopic (exact) mass is 543 g/mol. The Kier molecular flexibility index (Phi) is 6.78. The van der Waals surface area contributed by atoms with Crippen LogP contribution in [0.4, 0.5) is 10.6 Å². The standard InChI is InChI=1S/C20H29N7O9S/c1-19(2,3)36-18(32)26-6-4-5-10(26)17(31)25-37(33,34)20(14(30)13(29)11(7-28)35-20)27-9-24-12-15(21)22-8-23-16(12)27/h8-11,13-14,28-30H,4-7H2,1-3H3,(H,25,31)(H2,21,22,23)/t10-,11+,13+,14+,20-/m0/s1. The number of rotatable bonds is 5. The number of sulfonamides is 1. The number of nitrogens with two attached hydrogens (primary N) is 1. The fraction of sp³-hybridized carbons (Fsp3) is 0.650. The molecule has 2 fully saturated rings. The molecule has 2 aromatic rings. The number of fused-ring (bicyclic) bond motifs is 1. The number of carbonyl (C=O) groups excluding carboxylic acids is 2. The number of hydrogen-bond donors (Lipinski definition) is 5. The van der Waals surface area contributed by atoms with Gasteiger partial charge in [-0.2, -0.15) is 0 Å². The van der Waals surface area contributed by atoms with Crippen molar-refractivity contribution in [3.05, 3.63) is 12.7 Å². The van der Waals surface area contributed by atoms with Crippen molar-refractivity contribution in [1.29, 1.82) is 0 Å². The van der Waals surface area contributed by atoms with E-state index in [1.165, 1.54) is 0 Å². The Morgan fingerprint density at radius 3 is 2.62 bits per heavy atom. The van der Waals surface area contributed by atoms with Gasteiger partial charge in [-0.25, -0.2) is 32.9 Å². The number of likely N-dealkylation sites (tertiary alicyclic amines) is 1. The molecule has 0 spiro atoms. The number of amides is 2. The van der Waals surface area contributed by atoms with Crippen molar-refractivity contribution < 1.29 is 42.8 Å². The molecule has 4 rings (SSSR count). The van der Waals surface area contributed by atoms with Gasteiger partial charge in [0.15, 0.2) is 11.5 Å². The summed E-state index contributed by atoms with van der Waals surface area (Å²) in [5.74, 6) is -1.19. The minimum atomic E-state index is -5.09. The van der Waals surface area contributed by atoms with Gasteiger partial charge < -0.3 is 30.5 Å². The van der Waals surface area contributed by atoms with E-state index >= 15 is 0 Å². The molecule has 0 aliphatic carbocycles. The van der Waals surface area contributed by atoms with E-state index in [4.69, 9.17) is 15.2 Å². The fourth-order valence-corrected chi connectivity index (χ4v) is 6.05. The summed E-state index contributed by atoms with van der Waals surface area (Å²) in [4.78, 5) is 38.7. The van der Waals surface area contributed by atoms with Crippen molar-refractivity contribution in [1.82, 2.24) is 29.1 Å². The van der Waals surface area contributed by atoms with E-state index in [-0.39, 0.29) is 29.9 Å². The number of aromatic nitrogens is 4. The van der Waals surface area contributed by atoms with Gasteiger partial charge in [-0.05, 0) is 33.6 Å². The van der Waals surface area contributed by atoms with Gasteiger partial charge in [-0.1, -0.05) is 0 Å². The summed E-state index contributed by atoms with van der Waals surface area (Å²) in [5, 5.41) is 28.2. The van der Waals surface area contributed by atoms with Crippen LogP contribution in [0.25, 0.3) is 11.2 Å². The van der Waals surface area contributed by atoms with Crippen LogP contribution >= 0.6 is 0 Å². The first kappa shape index (κ1) is 26.9. The van der Waals surface area contributed by atoms with E-state index in [0.29, 0.717) is 6.42 Å². The Morgan fingerprint density at radius 2 is 2.00 bits per heavy atom. The highest BCUT2D eigenvalue weighted by atomic mass is 32.2. The minimum absolute atomic E-state index is 0.0342. The number of nitrogens with zero attached hydrogens (tertiary/aromatic N) is 5. The van der Waals surface area contributed by atoms with Crippen molar-refractivity contribution in [2.45, 2.75) is 68.6 Å². The number of ether oxygens (including phenoxy) is 2. The van der Waals surface area contributed by atoms with Gasteiger partial charge in [0.25, 0.3) is 15.9 Å². The molecule has 4 heterocycles. The normalized spacial score (nSPS) is 28.5. The molecule has 5 atom stereocenters. The summed E-state index contributed by atoms with van der Waals surface area (Å²) in [6.07, 6.45) is -3.91. The van der Waals surface area contributed by atoms with Gasteiger partial charge in [0.2, 0.25) is 0 Å². The van der Waals surface area contributed by atoms with Crippen molar-refractivity contribution in [3.63, 3.8) is 0 Å². The second-order valence-electron chi connectivity index (χ2n) is 9.75. The molecule has 0 aromatic carbocycles. The van der Waals surface area contributed by atoms with Crippen LogP contribution in [-0.4, -0.2) is 103 Å². The van der Waals surface area contributed by atoms with Crippen LogP contribution in [0.15, 0.2) is 12.7 Å². The van der Waals surface area contributed by atoms with Crippen LogP contribution in [-0.2, 0) is 29.3 Å². The Bertz CT molecular complexity index is 1310. The molecule has 204 valence electrons. The second-order valence-corrected chi connectivity index (χ2v) is 11.5. The summed E-state index contributed by atoms with van der Waals surface area (Å²) in [7, 11) is -5.09. The lowest BCUT2D eigenvalue weighted by molar-refractivity contribution is -0.124. The van der Waals surface area contributed by atoms with Gasteiger partial charge in [0.1, 0.15) is 48.1 Å². The number of hydrogen-bond acceptors (Lipinski definition) is 13. The fourth-order valence-electron chi connectivity index (χ4n) is 4.40. The van der Waals surface area contributed by atoms with E-state index in [0.717, 1.165) is 22.1 Å². The zero-order chi connectivity index (χ0) is 27.3. The number of anilines is 1.